The lowest BCUT2D eigenvalue weighted by molar-refractivity contribution is -0.113. The highest BCUT2D eigenvalue weighted by Crippen LogP contribution is 2.29. The molecule has 0 aliphatic carbocycles. The number of anilines is 1. The van der Waals surface area contributed by atoms with E-state index in [1.807, 2.05) is 54.6 Å². The fraction of sp³-hybridized carbons (Fsp3) is 0.0435. The lowest BCUT2D eigenvalue weighted by Gasteiger charge is -2.18. The zero-order valence-corrected chi connectivity index (χ0v) is 15.2. The Labute approximate surface area is 162 Å². The van der Waals surface area contributed by atoms with Crippen molar-refractivity contribution >= 4 is 23.5 Å². The number of hydrogen-bond donors (Lipinski definition) is 1. The highest BCUT2D eigenvalue weighted by atomic mass is 16.5. The predicted octanol–water partition coefficient (Wildman–Crippen LogP) is 4.24. The van der Waals surface area contributed by atoms with Gasteiger partial charge in [0.15, 0.2) is 0 Å². The second-order valence-electron chi connectivity index (χ2n) is 6.26. The summed E-state index contributed by atoms with van der Waals surface area (Å²) in [7, 11) is 1.61. The van der Waals surface area contributed by atoms with Crippen LogP contribution in [-0.2, 0) is 4.79 Å². The van der Waals surface area contributed by atoms with E-state index in [1.165, 1.54) is 0 Å². The van der Waals surface area contributed by atoms with E-state index in [4.69, 9.17) is 4.74 Å². The van der Waals surface area contributed by atoms with Gasteiger partial charge in [0, 0.05) is 5.56 Å². The Morgan fingerprint density at radius 3 is 2.25 bits per heavy atom. The van der Waals surface area contributed by atoms with Gasteiger partial charge in [0.1, 0.15) is 23.0 Å². The molecular weight excluding hydrogens is 352 g/mol. The van der Waals surface area contributed by atoms with Crippen LogP contribution >= 0.6 is 0 Å². The molecule has 1 heterocycles. The molecule has 0 saturated heterocycles. The number of phenols is 1. The molecule has 1 aliphatic heterocycles. The third-order valence-corrected chi connectivity index (χ3v) is 4.42. The van der Waals surface area contributed by atoms with E-state index in [0.717, 1.165) is 16.9 Å². The maximum absolute atomic E-state index is 13.2. The number of carbonyl (C=O) groups is 1. The molecule has 0 aromatic heterocycles. The minimum atomic E-state index is -0.222. The van der Waals surface area contributed by atoms with Crippen LogP contribution in [0.2, 0.25) is 0 Å². The zero-order chi connectivity index (χ0) is 19.5. The van der Waals surface area contributed by atoms with Crippen molar-refractivity contribution in [2.75, 3.05) is 12.0 Å². The highest BCUT2D eigenvalue weighted by Gasteiger charge is 2.32. The molecule has 0 fully saturated rings. The molecule has 0 atom stereocenters. The number of amides is 1. The Hall–Kier alpha value is -3.86. The number of aliphatic imine (C=N–C) groups is 1. The summed E-state index contributed by atoms with van der Waals surface area (Å²) in [6.07, 6.45) is 1.76. The lowest BCUT2D eigenvalue weighted by atomic mass is 10.1. The van der Waals surface area contributed by atoms with Crippen LogP contribution in [0.25, 0.3) is 6.08 Å². The van der Waals surface area contributed by atoms with E-state index < -0.39 is 0 Å². The maximum atomic E-state index is 13.2. The second kappa shape index (κ2) is 7.40. The van der Waals surface area contributed by atoms with Crippen LogP contribution in [0.5, 0.6) is 11.5 Å². The summed E-state index contributed by atoms with van der Waals surface area (Å²) in [6.45, 7) is 0. The van der Waals surface area contributed by atoms with Crippen molar-refractivity contribution in [2.45, 2.75) is 0 Å². The van der Waals surface area contributed by atoms with Crippen molar-refractivity contribution in [3.05, 3.63) is 95.7 Å². The molecule has 3 aromatic rings. The van der Waals surface area contributed by atoms with Gasteiger partial charge in [-0.3, -0.25) is 9.69 Å². The van der Waals surface area contributed by atoms with Crippen LogP contribution in [0.4, 0.5) is 5.69 Å². The molecule has 0 spiro atoms. The number of amidine groups is 1. The monoisotopic (exact) mass is 370 g/mol. The smallest absolute Gasteiger partial charge is 0.282 e. The Morgan fingerprint density at radius 1 is 0.929 bits per heavy atom. The van der Waals surface area contributed by atoms with Gasteiger partial charge in [0.25, 0.3) is 5.91 Å². The number of methoxy groups -OCH3 is 1. The molecule has 3 aromatic carbocycles. The molecule has 138 valence electrons. The van der Waals surface area contributed by atoms with Gasteiger partial charge in [0.2, 0.25) is 0 Å². The van der Waals surface area contributed by atoms with Crippen LogP contribution in [-0.4, -0.2) is 24.0 Å². The number of carbonyl (C=O) groups excluding carboxylic acids is 1. The Morgan fingerprint density at radius 2 is 1.61 bits per heavy atom. The fourth-order valence-corrected chi connectivity index (χ4v) is 3.00. The fourth-order valence-electron chi connectivity index (χ4n) is 3.00. The summed E-state index contributed by atoms with van der Waals surface area (Å²) < 4.78 is 5.18. The predicted molar refractivity (Wildman–Crippen MR) is 110 cm³/mol. The number of ether oxygens (including phenoxy) is 1. The first kappa shape index (κ1) is 17.5. The molecule has 4 rings (SSSR count). The standard InChI is InChI=1S/C23H18N2O3/c1-28-20-13-7-16(8-14-20)15-21-23(27)25(18-9-11-19(26)12-10-18)22(24-21)17-5-3-2-4-6-17/h2-15,26H,1H3/b21-15+. The van der Waals surface area contributed by atoms with Gasteiger partial charge in [-0.1, -0.05) is 42.5 Å². The minimum Gasteiger partial charge on any atom is -0.508 e. The average Bonchev–Trinajstić information content (AvgIpc) is 3.06. The van der Waals surface area contributed by atoms with Gasteiger partial charge in [-0.25, -0.2) is 4.99 Å². The first-order valence-corrected chi connectivity index (χ1v) is 8.79. The third kappa shape index (κ3) is 3.38. The van der Waals surface area contributed by atoms with Gasteiger partial charge < -0.3 is 9.84 Å². The molecule has 5 nitrogen and oxygen atoms in total. The van der Waals surface area contributed by atoms with E-state index in [9.17, 15) is 9.90 Å². The number of nitrogens with zero attached hydrogens (tertiary/aromatic N) is 2. The van der Waals surface area contributed by atoms with Crippen molar-refractivity contribution in [1.29, 1.82) is 0 Å². The van der Waals surface area contributed by atoms with Crippen molar-refractivity contribution in [3.63, 3.8) is 0 Å². The number of aromatic hydroxyl groups is 1. The minimum absolute atomic E-state index is 0.141. The maximum Gasteiger partial charge on any atom is 0.282 e. The summed E-state index contributed by atoms with van der Waals surface area (Å²) >= 11 is 0. The zero-order valence-electron chi connectivity index (χ0n) is 15.2. The van der Waals surface area contributed by atoms with Gasteiger partial charge >= 0.3 is 0 Å². The van der Waals surface area contributed by atoms with Crippen molar-refractivity contribution < 1.29 is 14.6 Å². The molecule has 28 heavy (non-hydrogen) atoms. The Bertz CT molecular complexity index is 1050. The van der Waals surface area contributed by atoms with E-state index in [1.54, 1.807) is 42.4 Å². The normalized spacial score (nSPS) is 15.0. The second-order valence-corrected chi connectivity index (χ2v) is 6.26. The van der Waals surface area contributed by atoms with Crippen LogP contribution in [0.1, 0.15) is 11.1 Å². The van der Waals surface area contributed by atoms with E-state index in [0.29, 0.717) is 17.2 Å². The van der Waals surface area contributed by atoms with Crippen LogP contribution < -0.4 is 9.64 Å². The molecule has 0 saturated carbocycles. The summed E-state index contributed by atoms with van der Waals surface area (Å²) in [6, 6.07) is 23.5. The average molecular weight is 370 g/mol. The number of phenolic OH excluding ortho intramolecular Hbond substituents is 1. The van der Waals surface area contributed by atoms with Crippen molar-refractivity contribution in [1.82, 2.24) is 0 Å². The van der Waals surface area contributed by atoms with Gasteiger partial charge in [0.05, 0.1) is 12.8 Å². The SMILES string of the molecule is COc1ccc(/C=C2/N=C(c3ccccc3)N(c3ccc(O)cc3)C2=O)cc1. The summed E-state index contributed by atoms with van der Waals surface area (Å²) in [5.74, 6) is 1.22. The highest BCUT2D eigenvalue weighted by molar-refractivity contribution is 6.33. The number of benzene rings is 3. The Balaban J connectivity index is 1.78. The first-order chi connectivity index (χ1) is 13.7. The molecule has 1 amide bonds. The molecule has 1 aliphatic rings. The first-order valence-electron chi connectivity index (χ1n) is 8.79. The topological polar surface area (TPSA) is 62.1 Å². The summed E-state index contributed by atoms with van der Waals surface area (Å²) in [5.41, 5.74) is 2.68. The molecule has 0 bridgehead atoms. The van der Waals surface area contributed by atoms with Crippen LogP contribution in [0.15, 0.2) is 89.6 Å². The molecule has 0 radical (unpaired) electrons. The molecule has 5 heteroatoms. The van der Waals surface area contributed by atoms with Crippen LogP contribution in [0.3, 0.4) is 0 Å². The number of hydrogen-bond acceptors (Lipinski definition) is 4. The molecule has 0 unspecified atom stereocenters. The van der Waals surface area contributed by atoms with Crippen LogP contribution in [0, 0.1) is 0 Å². The summed E-state index contributed by atoms with van der Waals surface area (Å²) in [5, 5.41) is 9.58. The van der Waals surface area contributed by atoms with E-state index in [-0.39, 0.29) is 11.7 Å². The van der Waals surface area contributed by atoms with E-state index >= 15 is 0 Å². The third-order valence-electron chi connectivity index (χ3n) is 4.42. The molecular formula is C23H18N2O3. The Kier molecular flexibility index (Phi) is 4.64. The van der Waals surface area contributed by atoms with E-state index in [2.05, 4.69) is 4.99 Å². The number of rotatable bonds is 4. The summed E-state index contributed by atoms with van der Waals surface area (Å²) in [4.78, 5) is 19.3. The van der Waals surface area contributed by atoms with Gasteiger partial charge in [-0.2, -0.15) is 0 Å². The molecule has 1 N–H and O–H groups in total. The van der Waals surface area contributed by atoms with Gasteiger partial charge in [-0.15, -0.1) is 0 Å². The van der Waals surface area contributed by atoms with Gasteiger partial charge in [-0.05, 0) is 48.0 Å². The van der Waals surface area contributed by atoms with Crippen molar-refractivity contribution in [3.8, 4) is 11.5 Å². The largest absolute Gasteiger partial charge is 0.508 e. The lowest BCUT2D eigenvalue weighted by Crippen LogP contribution is -2.32. The van der Waals surface area contributed by atoms with Crippen molar-refractivity contribution in [2.24, 2.45) is 4.99 Å². The quantitative estimate of drug-likeness (QED) is 0.699.